The molecule has 0 aromatic rings. The third-order valence-electron chi connectivity index (χ3n) is 17.3. The lowest BCUT2D eigenvalue weighted by Crippen LogP contribution is -2.68. The van der Waals surface area contributed by atoms with E-state index < -0.39 is 84.8 Å². The minimum absolute atomic E-state index is 0.00224. The molecule has 7 rings (SSSR count). The first-order valence-corrected chi connectivity index (χ1v) is 20.4. The minimum Gasteiger partial charge on any atom is -0.481 e. The van der Waals surface area contributed by atoms with Gasteiger partial charge < -0.3 is 59.8 Å². The minimum atomic E-state index is -1.70. The van der Waals surface area contributed by atoms with E-state index in [-0.39, 0.29) is 46.2 Å². The lowest BCUT2D eigenvalue weighted by molar-refractivity contribution is -0.357. The van der Waals surface area contributed by atoms with Gasteiger partial charge in [0.15, 0.2) is 12.6 Å². The summed E-state index contributed by atoms with van der Waals surface area (Å²) < 4.78 is 23.8. The van der Waals surface area contributed by atoms with Crippen LogP contribution in [0.2, 0.25) is 0 Å². The number of ether oxygens (including phenoxy) is 4. The van der Waals surface area contributed by atoms with Crippen LogP contribution >= 0.6 is 0 Å². The van der Waals surface area contributed by atoms with E-state index in [0.29, 0.717) is 31.6 Å². The maximum absolute atomic E-state index is 13.1. The van der Waals surface area contributed by atoms with Gasteiger partial charge in [-0.25, -0.2) is 0 Å². The monoisotopic (exact) mass is 766 g/mol. The Bertz CT molecular complexity index is 1470. The summed E-state index contributed by atoms with van der Waals surface area (Å²) in [6.45, 7) is 14.7. The second-order valence-corrected chi connectivity index (χ2v) is 19.9. The molecule has 2 heterocycles. The van der Waals surface area contributed by atoms with E-state index in [1.807, 2.05) is 6.92 Å². The van der Waals surface area contributed by atoms with Crippen molar-refractivity contribution in [2.75, 3.05) is 13.2 Å². The molecule has 7 aliphatic rings. The normalized spacial score (nSPS) is 55.7. The molecule has 0 aromatic heterocycles. The van der Waals surface area contributed by atoms with Gasteiger partial charge in [-0.3, -0.25) is 4.79 Å². The first-order chi connectivity index (χ1) is 25.1. The predicted molar refractivity (Wildman–Crippen MR) is 193 cm³/mol. The molecule has 19 atom stereocenters. The Kier molecular flexibility index (Phi) is 10.4. The maximum Gasteiger partial charge on any atom is 0.310 e. The predicted octanol–water partition coefficient (Wildman–Crippen LogP) is 2.49. The molecule has 8 N–H and O–H groups in total. The molecule has 0 spiro atoms. The van der Waals surface area contributed by atoms with Gasteiger partial charge in [0, 0.05) is 5.92 Å². The van der Waals surface area contributed by atoms with Crippen molar-refractivity contribution in [1.29, 1.82) is 0 Å². The molecule has 0 unspecified atom stereocenters. The first-order valence-electron chi connectivity index (χ1n) is 20.4. The molecule has 0 radical (unpaired) electrons. The molecule has 308 valence electrons. The van der Waals surface area contributed by atoms with Crippen LogP contribution in [0.15, 0.2) is 11.6 Å². The van der Waals surface area contributed by atoms with Gasteiger partial charge in [-0.2, -0.15) is 0 Å². The molecule has 2 aliphatic heterocycles. The number of allylic oxidation sites excluding steroid dienone is 1. The third-order valence-corrected chi connectivity index (χ3v) is 17.3. The Balaban J connectivity index is 1.11. The van der Waals surface area contributed by atoms with Crippen LogP contribution in [0.25, 0.3) is 0 Å². The zero-order valence-corrected chi connectivity index (χ0v) is 33.1. The fourth-order valence-corrected chi connectivity index (χ4v) is 13.6. The average molecular weight is 767 g/mol. The molecular weight excluding hydrogens is 700 g/mol. The number of carboxylic acid groups (broad SMARTS) is 1. The van der Waals surface area contributed by atoms with E-state index in [0.717, 1.165) is 37.7 Å². The largest absolute Gasteiger partial charge is 0.481 e. The number of fused-ring (bicyclic) bond motifs is 7. The molecule has 0 bridgehead atoms. The Labute approximate surface area is 319 Å². The Morgan fingerprint density at radius 3 is 2.20 bits per heavy atom. The van der Waals surface area contributed by atoms with Gasteiger partial charge in [-0.15, -0.1) is 0 Å². The summed E-state index contributed by atoms with van der Waals surface area (Å²) in [4.78, 5) is 13.1. The Hall–Kier alpha value is -1.23. The van der Waals surface area contributed by atoms with E-state index in [1.165, 1.54) is 0 Å². The van der Waals surface area contributed by atoms with Crippen molar-refractivity contribution in [2.45, 2.75) is 173 Å². The van der Waals surface area contributed by atoms with Gasteiger partial charge in [0.2, 0.25) is 0 Å². The quantitative estimate of drug-likeness (QED) is 0.144. The summed E-state index contributed by atoms with van der Waals surface area (Å²) >= 11 is 0. The van der Waals surface area contributed by atoms with Crippen molar-refractivity contribution in [3.8, 4) is 0 Å². The zero-order valence-electron chi connectivity index (χ0n) is 33.1. The zero-order chi connectivity index (χ0) is 39.6. The number of rotatable bonds is 6. The lowest BCUT2D eigenvalue weighted by Gasteiger charge is -2.72. The van der Waals surface area contributed by atoms with E-state index in [4.69, 9.17) is 18.9 Å². The van der Waals surface area contributed by atoms with E-state index in [9.17, 15) is 45.6 Å². The fraction of sp³-hybridized carbons (Fsp3) is 0.927. The van der Waals surface area contributed by atoms with Crippen molar-refractivity contribution in [3.05, 3.63) is 11.6 Å². The summed E-state index contributed by atoms with van der Waals surface area (Å²) in [5.41, 5.74) is -1.70. The highest BCUT2D eigenvalue weighted by Crippen LogP contribution is 2.76. The van der Waals surface area contributed by atoms with Crippen molar-refractivity contribution in [3.63, 3.8) is 0 Å². The van der Waals surface area contributed by atoms with Crippen molar-refractivity contribution < 1.29 is 64.6 Å². The van der Waals surface area contributed by atoms with Crippen molar-refractivity contribution >= 4 is 5.97 Å². The first kappa shape index (κ1) is 40.9. The van der Waals surface area contributed by atoms with Crippen LogP contribution in [0.4, 0.5) is 0 Å². The van der Waals surface area contributed by atoms with Crippen LogP contribution in [0.1, 0.15) is 106 Å². The molecule has 54 heavy (non-hydrogen) atoms. The summed E-state index contributed by atoms with van der Waals surface area (Å²) in [7, 11) is 0. The molecule has 6 fully saturated rings. The number of hydrogen-bond donors (Lipinski definition) is 8. The highest BCUT2D eigenvalue weighted by molar-refractivity contribution is 5.77. The van der Waals surface area contributed by atoms with Crippen LogP contribution in [0.5, 0.6) is 0 Å². The SMILES string of the molecule is C[C@H]1CC[C@]2(C(=O)O)CC[C@]3(C)C(=CC[C@@H]4[C@@]5(C)CC[C@H](O[C@H]6OC[C@H](O)[C@H](O[C@@H]7O[C@H](CO)[C@@H](O)[C@H](O)[C@H]7O)[C@H]6O)C(C)(C)[C@@H]5CC[C@]43C)[C@@H]2[C@]1(C)O. The molecule has 4 saturated carbocycles. The number of aliphatic carboxylic acids is 1. The molecule has 0 amide bonds. The smallest absolute Gasteiger partial charge is 0.310 e. The summed E-state index contributed by atoms with van der Waals surface area (Å²) in [6.07, 6.45) is -3.99. The van der Waals surface area contributed by atoms with Gasteiger partial charge >= 0.3 is 5.97 Å². The third kappa shape index (κ3) is 5.68. The molecule has 13 heteroatoms. The number of carboxylic acids is 1. The molecular formula is C41H66O13. The molecule has 0 aromatic carbocycles. The van der Waals surface area contributed by atoms with Crippen molar-refractivity contribution in [2.24, 2.45) is 50.7 Å². The van der Waals surface area contributed by atoms with Crippen LogP contribution < -0.4 is 0 Å². The van der Waals surface area contributed by atoms with E-state index in [2.05, 4.69) is 47.6 Å². The van der Waals surface area contributed by atoms with E-state index >= 15 is 0 Å². The van der Waals surface area contributed by atoms with Crippen LogP contribution in [-0.2, 0) is 23.7 Å². The second kappa shape index (κ2) is 13.7. The van der Waals surface area contributed by atoms with Gasteiger partial charge in [0.05, 0.1) is 30.3 Å². The van der Waals surface area contributed by atoms with Crippen LogP contribution in [0, 0.1) is 50.7 Å². The summed E-state index contributed by atoms with van der Waals surface area (Å²) in [6, 6.07) is 0. The standard InChI is InChI=1S/C41H66O13/c1-20-10-15-41(35(48)49)17-16-38(5)21(32(41)40(20,7)50)8-9-25-37(4)13-12-26(36(2,3)24(37)11-14-39(25,38)6)53-33-30(47)31(22(43)19-51-33)54-34-29(46)28(45)27(44)23(18-42)52-34/h8,20,22-34,42-47,50H,9-19H2,1-7H3,(H,48,49)/t20-,22-,23+,24-,25+,26-,27+,28-,29+,30+,31-,32+,33+,34-,37-,38+,39+,40+,41-/m0/s1. The topological polar surface area (TPSA) is 216 Å². The van der Waals surface area contributed by atoms with Gasteiger partial charge in [-0.05, 0) is 104 Å². The van der Waals surface area contributed by atoms with E-state index in [1.54, 1.807) is 0 Å². The van der Waals surface area contributed by atoms with Gasteiger partial charge in [0.25, 0.3) is 0 Å². The highest BCUT2D eigenvalue weighted by atomic mass is 16.7. The maximum atomic E-state index is 13.1. The number of aliphatic hydroxyl groups excluding tert-OH is 6. The van der Waals surface area contributed by atoms with Crippen molar-refractivity contribution in [1.82, 2.24) is 0 Å². The average Bonchev–Trinajstić information content (AvgIpc) is 3.10. The molecule has 13 nitrogen and oxygen atoms in total. The second-order valence-electron chi connectivity index (χ2n) is 19.9. The fourth-order valence-electron chi connectivity index (χ4n) is 13.6. The lowest BCUT2D eigenvalue weighted by atomic mass is 9.33. The highest BCUT2D eigenvalue weighted by Gasteiger charge is 2.71. The summed E-state index contributed by atoms with van der Waals surface area (Å²) in [5, 5.41) is 85.7. The van der Waals surface area contributed by atoms with Gasteiger partial charge in [-0.1, -0.05) is 53.2 Å². The van der Waals surface area contributed by atoms with Crippen LogP contribution in [-0.4, -0.2) is 127 Å². The Morgan fingerprint density at radius 1 is 0.833 bits per heavy atom. The van der Waals surface area contributed by atoms with Crippen LogP contribution in [0.3, 0.4) is 0 Å². The Morgan fingerprint density at radius 2 is 1.54 bits per heavy atom. The molecule has 2 saturated heterocycles. The number of aliphatic hydroxyl groups is 7. The van der Waals surface area contributed by atoms with Gasteiger partial charge in [0.1, 0.15) is 42.7 Å². The number of hydrogen-bond acceptors (Lipinski definition) is 12. The number of carbonyl (C=O) groups is 1. The molecule has 5 aliphatic carbocycles. The summed E-state index contributed by atoms with van der Waals surface area (Å²) in [5.74, 6) is -0.629.